The maximum atomic E-state index is 6.06. The van der Waals surface area contributed by atoms with Gasteiger partial charge in [-0.05, 0) is 32.0 Å². The molecule has 0 bridgehead atoms. The molecule has 1 unspecified atom stereocenters. The fraction of sp³-hybridized carbons (Fsp3) is 0.467. The highest BCUT2D eigenvalue weighted by atomic mass is 35.5. The van der Waals surface area contributed by atoms with Gasteiger partial charge in [0, 0.05) is 13.1 Å². The Labute approximate surface area is 128 Å². The van der Waals surface area contributed by atoms with Crippen LogP contribution in [-0.2, 0) is 0 Å². The highest BCUT2D eigenvalue weighted by Crippen LogP contribution is 2.26. The molecule has 2 aromatic rings. The van der Waals surface area contributed by atoms with Gasteiger partial charge in [-0.1, -0.05) is 28.9 Å². The van der Waals surface area contributed by atoms with Crippen molar-refractivity contribution in [3.05, 3.63) is 41.0 Å². The average molecular weight is 308 g/mol. The number of aryl methyl sites for hydroxylation is 1. The van der Waals surface area contributed by atoms with Crippen molar-refractivity contribution in [2.75, 3.05) is 26.2 Å². The molecule has 0 amide bonds. The minimum absolute atomic E-state index is 0.339. The zero-order valence-corrected chi connectivity index (χ0v) is 12.7. The monoisotopic (exact) mass is 307 g/mol. The molecule has 0 saturated carbocycles. The molecule has 0 spiro atoms. The summed E-state index contributed by atoms with van der Waals surface area (Å²) in [4.78, 5) is 6.66. The second-order valence-electron chi connectivity index (χ2n) is 5.24. The van der Waals surface area contributed by atoms with Gasteiger partial charge in [0.1, 0.15) is 12.4 Å². The summed E-state index contributed by atoms with van der Waals surface area (Å²) in [5.41, 5.74) is 0. The van der Waals surface area contributed by atoms with Crippen molar-refractivity contribution < 1.29 is 9.26 Å². The zero-order valence-electron chi connectivity index (χ0n) is 12.0. The van der Waals surface area contributed by atoms with Crippen LogP contribution in [0.15, 0.2) is 28.8 Å². The fourth-order valence-electron chi connectivity index (χ4n) is 2.56. The van der Waals surface area contributed by atoms with Gasteiger partial charge < -0.3 is 9.26 Å². The predicted molar refractivity (Wildman–Crippen MR) is 79.8 cm³/mol. The van der Waals surface area contributed by atoms with E-state index in [2.05, 4.69) is 15.0 Å². The molecule has 1 saturated heterocycles. The predicted octanol–water partition coefficient (Wildman–Crippen LogP) is 2.90. The molecule has 1 atom stereocenters. The largest absolute Gasteiger partial charge is 0.491 e. The average Bonchev–Trinajstić information content (AvgIpc) is 3.10. The summed E-state index contributed by atoms with van der Waals surface area (Å²) in [5, 5.41) is 4.50. The molecular weight excluding hydrogens is 290 g/mol. The molecule has 1 aromatic heterocycles. The summed E-state index contributed by atoms with van der Waals surface area (Å²) in [6, 6.07) is 7.54. The van der Waals surface area contributed by atoms with Crippen molar-refractivity contribution >= 4 is 11.6 Å². The highest BCUT2D eigenvalue weighted by molar-refractivity contribution is 6.32. The third-order valence-electron chi connectivity index (χ3n) is 3.67. The first kappa shape index (κ1) is 14.4. The van der Waals surface area contributed by atoms with Crippen LogP contribution in [0.2, 0.25) is 5.02 Å². The lowest BCUT2D eigenvalue weighted by atomic mass is 10.1. The number of halogens is 1. The first-order valence-corrected chi connectivity index (χ1v) is 7.50. The minimum atomic E-state index is 0.339. The number of hydrogen-bond acceptors (Lipinski definition) is 5. The standard InChI is InChI=1S/C15H18ClN3O2/c1-11-17-15(21-18-11)12-6-7-19(10-12)8-9-20-14-5-3-2-4-13(14)16/h2-5,12H,6-10H2,1H3. The molecule has 0 aliphatic carbocycles. The number of ether oxygens (including phenoxy) is 1. The molecule has 1 aliphatic rings. The second kappa shape index (κ2) is 6.45. The number of benzene rings is 1. The van der Waals surface area contributed by atoms with Crippen LogP contribution >= 0.6 is 11.6 Å². The molecule has 1 fully saturated rings. The van der Waals surface area contributed by atoms with Crippen LogP contribution in [0.4, 0.5) is 0 Å². The van der Waals surface area contributed by atoms with E-state index in [1.165, 1.54) is 0 Å². The van der Waals surface area contributed by atoms with E-state index >= 15 is 0 Å². The van der Waals surface area contributed by atoms with E-state index in [1.807, 2.05) is 31.2 Å². The first-order chi connectivity index (χ1) is 10.2. The van der Waals surface area contributed by atoms with Gasteiger partial charge in [-0.3, -0.25) is 4.90 Å². The second-order valence-corrected chi connectivity index (χ2v) is 5.65. The van der Waals surface area contributed by atoms with Crippen molar-refractivity contribution in [2.24, 2.45) is 0 Å². The number of para-hydroxylation sites is 1. The maximum absolute atomic E-state index is 6.06. The van der Waals surface area contributed by atoms with Gasteiger partial charge in [0.25, 0.3) is 0 Å². The van der Waals surface area contributed by atoms with Crippen molar-refractivity contribution in [3.63, 3.8) is 0 Å². The molecular formula is C15H18ClN3O2. The normalized spacial score (nSPS) is 19.0. The SMILES string of the molecule is Cc1noc(C2CCN(CCOc3ccccc3Cl)C2)n1. The van der Waals surface area contributed by atoms with Crippen LogP contribution in [-0.4, -0.2) is 41.3 Å². The van der Waals surface area contributed by atoms with Gasteiger partial charge in [-0.15, -0.1) is 0 Å². The van der Waals surface area contributed by atoms with Crippen molar-refractivity contribution in [2.45, 2.75) is 19.3 Å². The van der Waals surface area contributed by atoms with E-state index in [9.17, 15) is 0 Å². The number of likely N-dealkylation sites (tertiary alicyclic amines) is 1. The van der Waals surface area contributed by atoms with Crippen LogP contribution in [0.25, 0.3) is 0 Å². The molecule has 112 valence electrons. The Balaban J connectivity index is 1.46. The Morgan fingerprint density at radius 3 is 3.05 bits per heavy atom. The minimum Gasteiger partial charge on any atom is -0.491 e. The smallest absolute Gasteiger partial charge is 0.231 e. The molecule has 0 N–H and O–H groups in total. The first-order valence-electron chi connectivity index (χ1n) is 7.12. The van der Waals surface area contributed by atoms with Crippen LogP contribution in [0.1, 0.15) is 24.1 Å². The van der Waals surface area contributed by atoms with Crippen LogP contribution < -0.4 is 4.74 Å². The molecule has 2 heterocycles. The Hall–Kier alpha value is -1.59. The van der Waals surface area contributed by atoms with E-state index in [-0.39, 0.29) is 0 Å². The van der Waals surface area contributed by atoms with E-state index < -0.39 is 0 Å². The fourth-order valence-corrected chi connectivity index (χ4v) is 2.75. The molecule has 21 heavy (non-hydrogen) atoms. The molecule has 1 aliphatic heterocycles. The van der Waals surface area contributed by atoms with E-state index in [0.29, 0.717) is 23.4 Å². The Morgan fingerprint density at radius 1 is 1.43 bits per heavy atom. The summed E-state index contributed by atoms with van der Waals surface area (Å²) in [6.07, 6.45) is 1.05. The van der Waals surface area contributed by atoms with Gasteiger partial charge in [-0.25, -0.2) is 0 Å². The molecule has 0 radical (unpaired) electrons. The number of aromatic nitrogens is 2. The van der Waals surface area contributed by atoms with Gasteiger partial charge in [0.05, 0.1) is 10.9 Å². The Kier molecular flexibility index (Phi) is 4.41. The van der Waals surface area contributed by atoms with Gasteiger partial charge in [0.15, 0.2) is 5.82 Å². The summed E-state index contributed by atoms with van der Waals surface area (Å²) in [7, 11) is 0. The Bertz CT molecular complexity index is 602. The molecule has 6 heteroatoms. The van der Waals surface area contributed by atoms with E-state index in [0.717, 1.165) is 37.7 Å². The van der Waals surface area contributed by atoms with Gasteiger partial charge in [0.2, 0.25) is 5.89 Å². The summed E-state index contributed by atoms with van der Waals surface area (Å²) >= 11 is 6.06. The zero-order chi connectivity index (χ0) is 14.7. The quantitative estimate of drug-likeness (QED) is 0.850. The lowest BCUT2D eigenvalue weighted by Gasteiger charge is -2.16. The number of nitrogens with zero attached hydrogens (tertiary/aromatic N) is 3. The highest BCUT2D eigenvalue weighted by Gasteiger charge is 2.27. The van der Waals surface area contributed by atoms with Crippen LogP contribution in [0, 0.1) is 6.92 Å². The van der Waals surface area contributed by atoms with Crippen LogP contribution in [0.3, 0.4) is 0 Å². The summed E-state index contributed by atoms with van der Waals surface area (Å²) < 4.78 is 11.0. The summed E-state index contributed by atoms with van der Waals surface area (Å²) in [5.74, 6) is 2.53. The summed E-state index contributed by atoms with van der Waals surface area (Å²) in [6.45, 7) is 5.30. The van der Waals surface area contributed by atoms with E-state index in [4.69, 9.17) is 20.9 Å². The lowest BCUT2D eigenvalue weighted by Crippen LogP contribution is -2.26. The van der Waals surface area contributed by atoms with Crippen molar-refractivity contribution in [1.82, 2.24) is 15.0 Å². The molecule has 5 nitrogen and oxygen atoms in total. The third-order valence-corrected chi connectivity index (χ3v) is 3.98. The van der Waals surface area contributed by atoms with Crippen molar-refractivity contribution in [1.29, 1.82) is 0 Å². The van der Waals surface area contributed by atoms with Crippen molar-refractivity contribution in [3.8, 4) is 5.75 Å². The number of rotatable bonds is 5. The van der Waals surface area contributed by atoms with Gasteiger partial charge >= 0.3 is 0 Å². The number of hydrogen-bond donors (Lipinski definition) is 0. The topological polar surface area (TPSA) is 51.4 Å². The Morgan fingerprint density at radius 2 is 2.29 bits per heavy atom. The molecule has 3 rings (SSSR count). The van der Waals surface area contributed by atoms with E-state index in [1.54, 1.807) is 0 Å². The lowest BCUT2D eigenvalue weighted by molar-refractivity contribution is 0.233. The van der Waals surface area contributed by atoms with Gasteiger partial charge in [-0.2, -0.15) is 4.98 Å². The van der Waals surface area contributed by atoms with Crippen LogP contribution in [0.5, 0.6) is 5.75 Å². The molecule has 1 aromatic carbocycles. The third kappa shape index (κ3) is 3.54. The maximum Gasteiger partial charge on any atom is 0.231 e.